The van der Waals surface area contributed by atoms with E-state index in [2.05, 4.69) is 0 Å². The number of halogens is 1. The maximum absolute atomic E-state index is 10.6. The predicted molar refractivity (Wildman–Crippen MR) is 43.0 cm³/mol. The summed E-state index contributed by atoms with van der Waals surface area (Å²) in [4.78, 5) is 10.6. The van der Waals surface area contributed by atoms with Gasteiger partial charge in [-0.05, 0) is 29.8 Å². The third-order valence-electron chi connectivity index (χ3n) is 1.34. The molecule has 1 aromatic carbocycles. The van der Waals surface area contributed by atoms with Gasteiger partial charge in [0, 0.05) is 0 Å². The van der Waals surface area contributed by atoms with Gasteiger partial charge in [-0.3, -0.25) is 4.79 Å². The molecular weight excluding hydrogens is 178 g/mol. The van der Waals surface area contributed by atoms with E-state index in [4.69, 9.17) is 22.0 Å². The van der Waals surface area contributed by atoms with Crippen molar-refractivity contribution in [1.29, 1.82) is 5.26 Å². The second-order valence-corrected chi connectivity index (χ2v) is 2.46. The maximum atomic E-state index is 10.6. The number of aromatic hydroxyl groups is 1. The number of hydrogen-bond acceptors (Lipinski definition) is 3. The zero-order chi connectivity index (χ0) is 9.14. The van der Waals surface area contributed by atoms with Crippen LogP contribution < -0.4 is 0 Å². The largest absolute Gasteiger partial charge is 0.507 e. The molecule has 1 N–H and O–H groups in total. The molecule has 0 radical (unpaired) electrons. The molecule has 0 fully saturated rings. The Morgan fingerprint density at radius 2 is 2.25 bits per heavy atom. The summed E-state index contributed by atoms with van der Waals surface area (Å²) in [7, 11) is 0. The molecule has 0 atom stereocenters. The summed E-state index contributed by atoms with van der Waals surface area (Å²) in [5.41, 5.74) is 0.296. The summed E-state index contributed by atoms with van der Waals surface area (Å²) in [5.74, 6) is -0.269. The van der Waals surface area contributed by atoms with Crippen LogP contribution >= 0.6 is 11.6 Å². The number of phenols is 1. The molecule has 0 heterocycles. The molecule has 4 heteroatoms. The molecule has 0 bridgehead atoms. The molecule has 60 valence electrons. The molecule has 0 aromatic heterocycles. The maximum Gasteiger partial charge on any atom is 0.256 e. The van der Waals surface area contributed by atoms with Crippen molar-refractivity contribution in [2.45, 2.75) is 0 Å². The second-order valence-electron chi connectivity index (χ2n) is 2.12. The van der Waals surface area contributed by atoms with Crippen LogP contribution in [0.2, 0.25) is 0 Å². The zero-order valence-electron chi connectivity index (χ0n) is 5.91. The Labute approximate surface area is 73.8 Å². The molecule has 0 spiro atoms. The molecule has 0 aliphatic carbocycles. The van der Waals surface area contributed by atoms with Gasteiger partial charge in [0.05, 0.1) is 17.2 Å². The van der Waals surface area contributed by atoms with Crippen LogP contribution in [0.3, 0.4) is 0 Å². The number of carbonyl (C=O) groups excluding carboxylic acids is 1. The fourth-order valence-electron chi connectivity index (χ4n) is 0.767. The highest BCUT2D eigenvalue weighted by Crippen LogP contribution is 2.19. The van der Waals surface area contributed by atoms with Gasteiger partial charge in [-0.15, -0.1) is 0 Å². The van der Waals surface area contributed by atoms with E-state index in [1.165, 1.54) is 18.2 Å². The van der Waals surface area contributed by atoms with E-state index in [0.29, 0.717) is 0 Å². The van der Waals surface area contributed by atoms with Crippen molar-refractivity contribution in [2.75, 3.05) is 0 Å². The van der Waals surface area contributed by atoms with Crippen LogP contribution in [0.5, 0.6) is 5.75 Å². The first-order chi connectivity index (χ1) is 5.65. The Morgan fingerprint density at radius 3 is 2.67 bits per heavy atom. The van der Waals surface area contributed by atoms with Crippen LogP contribution in [-0.2, 0) is 0 Å². The van der Waals surface area contributed by atoms with E-state index in [1.807, 2.05) is 6.07 Å². The van der Waals surface area contributed by atoms with E-state index in [9.17, 15) is 4.79 Å². The van der Waals surface area contributed by atoms with Crippen molar-refractivity contribution in [3.05, 3.63) is 29.3 Å². The topological polar surface area (TPSA) is 61.1 Å². The molecule has 1 aromatic rings. The van der Waals surface area contributed by atoms with Crippen molar-refractivity contribution in [1.82, 2.24) is 0 Å². The first kappa shape index (κ1) is 8.57. The minimum absolute atomic E-state index is 0.00988. The summed E-state index contributed by atoms with van der Waals surface area (Å²) in [5, 5.41) is 16.8. The summed E-state index contributed by atoms with van der Waals surface area (Å²) in [6.45, 7) is 0. The number of benzene rings is 1. The van der Waals surface area contributed by atoms with E-state index in [0.717, 1.165) is 0 Å². The third kappa shape index (κ3) is 1.55. The first-order valence-corrected chi connectivity index (χ1v) is 3.46. The molecule has 12 heavy (non-hydrogen) atoms. The van der Waals surface area contributed by atoms with Crippen LogP contribution in [0.1, 0.15) is 15.9 Å². The minimum Gasteiger partial charge on any atom is -0.507 e. The highest BCUT2D eigenvalue weighted by atomic mass is 35.5. The number of carbonyl (C=O) groups is 1. The normalized spacial score (nSPS) is 9.00. The van der Waals surface area contributed by atoms with Crippen LogP contribution in [0.4, 0.5) is 0 Å². The summed E-state index contributed by atoms with van der Waals surface area (Å²) in [6.07, 6.45) is 0. The quantitative estimate of drug-likeness (QED) is 0.670. The van der Waals surface area contributed by atoms with Gasteiger partial charge in [0.2, 0.25) is 0 Å². The Balaban J connectivity index is 3.23. The van der Waals surface area contributed by atoms with Gasteiger partial charge in [-0.2, -0.15) is 5.26 Å². The fraction of sp³-hybridized carbons (Fsp3) is 0. The molecule has 1 rings (SSSR count). The van der Waals surface area contributed by atoms with Crippen LogP contribution in [-0.4, -0.2) is 10.3 Å². The van der Waals surface area contributed by atoms with E-state index in [1.54, 1.807) is 0 Å². The zero-order valence-corrected chi connectivity index (χ0v) is 6.67. The Morgan fingerprint density at radius 1 is 1.58 bits per heavy atom. The fourth-order valence-corrected chi connectivity index (χ4v) is 0.927. The number of phenolic OH excluding ortho intramolecular Hbond substituents is 1. The molecule has 3 nitrogen and oxygen atoms in total. The van der Waals surface area contributed by atoms with E-state index >= 15 is 0 Å². The third-order valence-corrected chi connectivity index (χ3v) is 1.54. The SMILES string of the molecule is N#Cc1ccc(C(=O)Cl)c(O)c1. The standard InChI is InChI=1S/C8H4ClNO2/c9-8(12)6-2-1-5(4-10)3-7(6)11/h1-3,11H. The second kappa shape index (κ2) is 3.24. The predicted octanol–water partition coefficient (Wildman–Crippen LogP) is 1.64. The van der Waals surface area contributed by atoms with Crippen LogP contribution in [0.25, 0.3) is 0 Å². The lowest BCUT2D eigenvalue weighted by Crippen LogP contribution is -1.89. The van der Waals surface area contributed by atoms with Crippen LogP contribution in [0.15, 0.2) is 18.2 Å². The van der Waals surface area contributed by atoms with Gasteiger partial charge in [0.15, 0.2) is 0 Å². The van der Waals surface area contributed by atoms with Gasteiger partial charge >= 0.3 is 0 Å². The van der Waals surface area contributed by atoms with E-state index < -0.39 is 5.24 Å². The number of hydrogen-bond donors (Lipinski definition) is 1. The summed E-state index contributed by atoms with van der Waals surface area (Å²) < 4.78 is 0. The van der Waals surface area contributed by atoms with Crippen molar-refractivity contribution in [3.8, 4) is 11.8 Å². The molecule has 0 saturated carbocycles. The molecular formula is C8H4ClNO2. The smallest absolute Gasteiger partial charge is 0.256 e. The van der Waals surface area contributed by atoms with Gasteiger partial charge in [0.25, 0.3) is 5.24 Å². The van der Waals surface area contributed by atoms with Crippen molar-refractivity contribution in [3.63, 3.8) is 0 Å². The summed E-state index contributed by atoms with van der Waals surface area (Å²) >= 11 is 5.12. The highest BCUT2D eigenvalue weighted by molar-refractivity contribution is 6.68. The number of rotatable bonds is 1. The lowest BCUT2D eigenvalue weighted by atomic mass is 10.1. The van der Waals surface area contributed by atoms with Gasteiger partial charge in [-0.25, -0.2) is 0 Å². The lowest BCUT2D eigenvalue weighted by Gasteiger charge is -1.97. The average Bonchev–Trinajstić information content (AvgIpc) is 2.03. The lowest BCUT2D eigenvalue weighted by molar-refractivity contribution is 0.107. The molecule has 0 aliphatic rings. The van der Waals surface area contributed by atoms with Crippen molar-refractivity contribution < 1.29 is 9.90 Å². The Kier molecular flexibility index (Phi) is 2.32. The molecule has 0 saturated heterocycles. The monoisotopic (exact) mass is 181 g/mol. The van der Waals surface area contributed by atoms with Crippen LogP contribution in [0, 0.1) is 11.3 Å². The molecule has 0 amide bonds. The van der Waals surface area contributed by atoms with Gasteiger partial charge in [-0.1, -0.05) is 0 Å². The number of nitrogens with zero attached hydrogens (tertiary/aromatic N) is 1. The Bertz CT molecular complexity index is 368. The molecule has 0 unspecified atom stereocenters. The van der Waals surface area contributed by atoms with Crippen molar-refractivity contribution >= 4 is 16.8 Å². The highest BCUT2D eigenvalue weighted by Gasteiger charge is 2.07. The van der Waals surface area contributed by atoms with Crippen molar-refractivity contribution in [2.24, 2.45) is 0 Å². The van der Waals surface area contributed by atoms with Gasteiger partial charge in [0.1, 0.15) is 5.75 Å². The van der Waals surface area contributed by atoms with Gasteiger partial charge < -0.3 is 5.11 Å². The summed E-state index contributed by atoms with van der Waals surface area (Å²) in [6, 6.07) is 5.73. The Hall–Kier alpha value is -1.53. The first-order valence-electron chi connectivity index (χ1n) is 3.08. The number of nitriles is 1. The average molecular weight is 182 g/mol. The molecule has 0 aliphatic heterocycles. The van der Waals surface area contributed by atoms with E-state index in [-0.39, 0.29) is 16.9 Å². The minimum atomic E-state index is -0.739.